The predicted molar refractivity (Wildman–Crippen MR) is 142 cm³/mol. The zero-order chi connectivity index (χ0) is 25.5. The number of likely N-dealkylation sites (tertiary alicyclic amines) is 1. The molecule has 0 aromatic rings. The van der Waals surface area contributed by atoms with Crippen LogP contribution in [0.1, 0.15) is 67.2 Å². The molecule has 3 fully saturated rings. The summed E-state index contributed by atoms with van der Waals surface area (Å²) in [4.78, 5) is 19.8. The van der Waals surface area contributed by atoms with Gasteiger partial charge in [-0.25, -0.2) is 0 Å². The monoisotopic (exact) mass is 495 g/mol. The number of hydrogen-bond acceptors (Lipinski definition) is 7. The molecule has 3 rings (SSSR count). The van der Waals surface area contributed by atoms with E-state index in [1.165, 1.54) is 0 Å². The quantitative estimate of drug-likeness (QED) is 0.454. The van der Waals surface area contributed by atoms with Crippen molar-refractivity contribution in [2.45, 2.75) is 96.6 Å². The van der Waals surface area contributed by atoms with Gasteiger partial charge in [-0.15, -0.1) is 0 Å². The van der Waals surface area contributed by atoms with Gasteiger partial charge in [-0.2, -0.15) is 0 Å². The summed E-state index contributed by atoms with van der Waals surface area (Å²) in [5, 5.41) is 6.80. The average Bonchev–Trinajstić information content (AvgIpc) is 2.73. The fourth-order valence-electron chi connectivity index (χ4n) is 5.05. The van der Waals surface area contributed by atoms with Crippen LogP contribution in [0.5, 0.6) is 0 Å². The summed E-state index contributed by atoms with van der Waals surface area (Å²) in [5.74, 6) is 0.162. The van der Waals surface area contributed by atoms with E-state index in [1.807, 2.05) is 0 Å². The molecule has 8 nitrogen and oxygen atoms in total. The molecule has 0 spiro atoms. The summed E-state index contributed by atoms with van der Waals surface area (Å²) in [6, 6.07) is 0.284. The van der Waals surface area contributed by atoms with Crippen LogP contribution in [0.4, 0.5) is 0 Å². The Labute approximate surface area is 214 Å². The maximum Gasteiger partial charge on any atom is 0.234 e. The molecule has 0 atom stereocenters. The molecule has 1 amide bonds. The van der Waals surface area contributed by atoms with Gasteiger partial charge in [0, 0.05) is 70.5 Å². The van der Waals surface area contributed by atoms with Crippen molar-refractivity contribution in [1.82, 2.24) is 25.3 Å². The van der Waals surface area contributed by atoms with Crippen LogP contribution in [-0.2, 0) is 14.3 Å². The molecular weight excluding hydrogens is 442 g/mol. The van der Waals surface area contributed by atoms with Crippen LogP contribution >= 0.6 is 0 Å². The Morgan fingerprint density at radius 1 is 0.829 bits per heavy atom. The van der Waals surface area contributed by atoms with E-state index in [2.05, 4.69) is 66.9 Å². The van der Waals surface area contributed by atoms with E-state index in [0.717, 1.165) is 91.2 Å². The maximum absolute atomic E-state index is 12.5. The summed E-state index contributed by atoms with van der Waals surface area (Å²) < 4.78 is 12.2. The lowest BCUT2D eigenvalue weighted by molar-refractivity contribution is -0.127. The minimum absolute atomic E-state index is 0.0766. The SMILES string of the molecule is CC(C)(C)NCCN1CCC(O[C@H]2C[C@H](NC(=O)CN3CCN(CCOC(C)(C)C)CC3)C2)CC1. The van der Waals surface area contributed by atoms with E-state index < -0.39 is 0 Å². The summed E-state index contributed by atoms with van der Waals surface area (Å²) in [5.41, 5.74) is 0.112. The topological polar surface area (TPSA) is 69.3 Å². The van der Waals surface area contributed by atoms with E-state index in [4.69, 9.17) is 9.47 Å². The molecular formula is C27H53N5O3. The molecule has 204 valence electrons. The molecule has 0 bridgehead atoms. The van der Waals surface area contributed by atoms with Crippen molar-refractivity contribution in [2.24, 2.45) is 0 Å². The highest BCUT2D eigenvalue weighted by Crippen LogP contribution is 2.27. The second-order valence-corrected chi connectivity index (χ2v) is 12.8. The van der Waals surface area contributed by atoms with Crippen molar-refractivity contribution < 1.29 is 14.3 Å². The number of nitrogens with one attached hydrogen (secondary N) is 2. The molecule has 0 aromatic heterocycles. The van der Waals surface area contributed by atoms with Crippen LogP contribution in [0, 0.1) is 0 Å². The van der Waals surface area contributed by atoms with Gasteiger partial charge < -0.3 is 25.0 Å². The molecule has 0 unspecified atom stereocenters. The Kier molecular flexibility index (Phi) is 10.8. The fourth-order valence-corrected chi connectivity index (χ4v) is 5.05. The van der Waals surface area contributed by atoms with Crippen molar-refractivity contribution in [1.29, 1.82) is 0 Å². The van der Waals surface area contributed by atoms with Crippen LogP contribution < -0.4 is 10.6 Å². The highest BCUT2D eigenvalue weighted by molar-refractivity contribution is 5.78. The number of rotatable bonds is 11. The first kappa shape index (κ1) is 28.8. The highest BCUT2D eigenvalue weighted by atomic mass is 16.5. The Morgan fingerprint density at radius 3 is 2.03 bits per heavy atom. The van der Waals surface area contributed by atoms with E-state index in [-0.39, 0.29) is 23.1 Å². The Morgan fingerprint density at radius 2 is 1.43 bits per heavy atom. The molecule has 2 aliphatic heterocycles. The second-order valence-electron chi connectivity index (χ2n) is 12.8. The van der Waals surface area contributed by atoms with Crippen molar-refractivity contribution in [3.8, 4) is 0 Å². The number of amides is 1. The van der Waals surface area contributed by atoms with Crippen LogP contribution in [0.15, 0.2) is 0 Å². The Bertz CT molecular complexity index is 626. The summed E-state index contributed by atoms with van der Waals surface area (Å²) in [6.45, 7) is 23.5. The normalized spacial score (nSPS) is 26.0. The third-order valence-electron chi connectivity index (χ3n) is 7.24. The maximum atomic E-state index is 12.5. The van der Waals surface area contributed by atoms with Crippen molar-refractivity contribution in [2.75, 3.05) is 72.1 Å². The second kappa shape index (κ2) is 13.2. The van der Waals surface area contributed by atoms with Crippen LogP contribution in [0.25, 0.3) is 0 Å². The molecule has 0 radical (unpaired) electrons. The van der Waals surface area contributed by atoms with Crippen LogP contribution in [-0.4, -0.2) is 122 Å². The number of hydrogen-bond donors (Lipinski definition) is 2. The molecule has 0 aromatic carbocycles. The van der Waals surface area contributed by atoms with E-state index in [0.29, 0.717) is 18.8 Å². The third-order valence-corrected chi connectivity index (χ3v) is 7.24. The number of piperazine rings is 1. The fraction of sp³-hybridized carbons (Fsp3) is 0.963. The van der Waals surface area contributed by atoms with E-state index in [1.54, 1.807) is 0 Å². The van der Waals surface area contributed by atoms with Gasteiger partial charge in [0.2, 0.25) is 5.91 Å². The van der Waals surface area contributed by atoms with Gasteiger partial charge in [0.05, 0.1) is 31.0 Å². The van der Waals surface area contributed by atoms with Gasteiger partial charge in [0.1, 0.15) is 0 Å². The molecule has 35 heavy (non-hydrogen) atoms. The number of carbonyl (C=O) groups excluding carboxylic acids is 1. The average molecular weight is 496 g/mol. The molecule has 1 aliphatic carbocycles. The van der Waals surface area contributed by atoms with Crippen molar-refractivity contribution in [3.05, 3.63) is 0 Å². The summed E-state index contributed by atoms with van der Waals surface area (Å²) >= 11 is 0. The zero-order valence-electron chi connectivity index (χ0n) is 23.4. The lowest BCUT2D eigenvalue weighted by Gasteiger charge is -2.41. The third kappa shape index (κ3) is 11.4. The predicted octanol–water partition coefficient (Wildman–Crippen LogP) is 1.94. The van der Waals surface area contributed by atoms with Crippen molar-refractivity contribution >= 4 is 5.91 Å². The van der Waals surface area contributed by atoms with Gasteiger partial charge in [-0.3, -0.25) is 14.6 Å². The first-order valence-corrected chi connectivity index (χ1v) is 14.0. The van der Waals surface area contributed by atoms with Gasteiger partial charge in [-0.05, 0) is 67.2 Å². The number of piperidine rings is 1. The summed E-state index contributed by atoms with van der Waals surface area (Å²) in [6.07, 6.45) is 4.87. The van der Waals surface area contributed by atoms with Crippen LogP contribution in [0.3, 0.4) is 0 Å². The standard InChI is InChI=1S/C27H53N5O3/c1-26(2,3)28-9-12-30-10-7-23(8-11-30)35-24-19-22(20-24)29-25(33)21-32-15-13-31(14-16-32)17-18-34-27(4,5)6/h22-24,28H,7-21H2,1-6H3,(H,29,33)/t22-,24-. The van der Waals surface area contributed by atoms with Gasteiger partial charge in [0.15, 0.2) is 0 Å². The molecule has 3 aliphatic rings. The smallest absolute Gasteiger partial charge is 0.234 e. The van der Waals surface area contributed by atoms with Crippen LogP contribution in [0.2, 0.25) is 0 Å². The number of ether oxygens (including phenoxy) is 2. The zero-order valence-corrected chi connectivity index (χ0v) is 23.4. The van der Waals surface area contributed by atoms with Gasteiger partial charge >= 0.3 is 0 Å². The molecule has 8 heteroatoms. The minimum Gasteiger partial charge on any atom is -0.375 e. The first-order valence-electron chi connectivity index (χ1n) is 14.0. The highest BCUT2D eigenvalue weighted by Gasteiger charge is 2.34. The molecule has 1 saturated carbocycles. The lowest BCUT2D eigenvalue weighted by atomic mass is 9.88. The lowest BCUT2D eigenvalue weighted by Crippen LogP contribution is -2.54. The van der Waals surface area contributed by atoms with Gasteiger partial charge in [-0.1, -0.05) is 0 Å². The molecule has 2 heterocycles. The largest absolute Gasteiger partial charge is 0.375 e. The number of nitrogens with zero attached hydrogens (tertiary/aromatic N) is 3. The minimum atomic E-state index is -0.0766. The first-order chi connectivity index (χ1) is 16.4. The number of carbonyl (C=O) groups is 1. The summed E-state index contributed by atoms with van der Waals surface area (Å²) in [7, 11) is 0. The molecule has 2 N–H and O–H groups in total. The molecule has 2 saturated heterocycles. The Balaban J connectivity index is 1.19. The van der Waals surface area contributed by atoms with Crippen molar-refractivity contribution in [3.63, 3.8) is 0 Å². The van der Waals surface area contributed by atoms with Gasteiger partial charge in [0.25, 0.3) is 0 Å². The van der Waals surface area contributed by atoms with E-state index >= 15 is 0 Å². The van der Waals surface area contributed by atoms with E-state index in [9.17, 15) is 4.79 Å². The Hall–Kier alpha value is -0.770.